The number of benzene rings is 1. The Labute approximate surface area is 134 Å². The normalized spacial score (nSPS) is 10.1. The molecule has 0 bridgehead atoms. The van der Waals surface area contributed by atoms with Crippen LogP contribution >= 0.6 is 11.6 Å². The molecule has 22 heavy (non-hydrogen) atoms. The Balaban J connectivity index is 2.46. The molecule has 0 aliphatic carbocycles. The Bertz CT molecular complexity index is 477. The number of carbonyl (C=O) groups excluding carboxylic acids is 2. The Morgan fingerprint density at radius 1 is 1.23 bits per heavy atom. The number of halogens is 1. The van der Waals surface area contributed by atoms with Gasteiger partial charge in [0.15, 0.2) is 6.61 Å². The second-order valence-electron chi connectivity index (χ2n) is 4.40. The molecule has 0 radical (unpaired) electrons. The fourth-order valence-corrected chi connectivity index (χ4v) is 1.83. The van der Waals surface area contributed by atoms with Gasteiger partial charge in [-0.25, -0.2) is 0 Å². The van der Waals surface area contributed by atoms with Crippen LogP contribution in [0, 0.1) is 0 Å². The summed E-state index contributed by atoms with van der Waals surface area (Å²) in [5, 5.41) is 9.58. The van der Waals surface area contributed by atoms with E-state index in [1.54, 1.807) is 31.2 Å². The lowest BCUT2D eigenvalue weighted by molar-refractivity contribution is -0.144. The lowest BCUT2D eigenvalue weighted by Gasteiger charge is -2.21. The van der Waals surface area contributed by atoms with Crippen LogP contribution in [0.3, 0.4) is 0 Å². The van der Waals surface area contributed by atoms with Crippen molar-refractivity contribution in [3.63, 3.8) is 0 Å². The first kappa shape index (κ1) is 18.3. The number of ether oxygens (including phenoxy) is 2. The maximum absolute atomic E-state index is 12.1. The summed E-state index contributed by atoms with van der Waals surface area (Å²) in [7, 11) is 0. The molecular formula is C15H20ClNO5. The molecule has 6 nitrogen and oxygen atoms in total. The zero-order chi connectivity index (χ0) is 16.4. The van der Waals surface area contributed by atoms with Crippen molar-refractivity contribution in [3.05, 3.63) is 29.3 Å². The number of aliphatic hydroxyl groups is 1. The largest absolute Gasteiger partial charge is 0.484 e. The van der Waals surface area contributed by atoms with Gasteiger partial charge in [0.25, 0.3) is 5.91 Å². The SMILES string of the molecule is CCOC(=O)CCN(CCO)C(=O)COc1ccc(Cl)cc1. The number of rotatable bonds is 9. The topological polar surface area (TPSA) is 76.1 Å². The standard InChI is InChI=1S/C15H20ClNO5/c1-2-21-15(20)7-8-17(9-10-18)14(19)11-22-13-5-3-12(16)4-6-13/h3-6,18H,2,7-11H2,1H3. The summed E-state index contributed by atoms with van der Waals surface area (Å²) in [5.74, 6) is -0.169. The molecule has 0 aliphatic heterocycles. The van der Waals surface area contributed by atoms with E-state index in [4.69, 9.17) is 26.2 Å². The molecule has 1 rings (SSSR count). The van der Waals surface area contributed by atoms with Gasteiger partial charge in [0.1, 0.15) is 5.75 Å². The smallest absolute Gasteiger partial charge is 0.307 e. The predicted octanol–water partition coefficient (Wildman–Crippen LogP) is 1.49. The number of aliphatic hydroxyl groups excluding tert-OH is 1. The lowest BCUT2D eigenvalue weighted by atomic mass is 10.3. The van der Waals surface area contributed by atoms with Gasteiger partial charge in [-0.3, -0.25) is 9.59 Å². The zero-order valence-corrected chi connectivity index (χ0v) is 13.2. The van der Waals surface area contributed by atoms with Crippen molar-refractivity contribution in [3.8, 4) is 5.75 Å². The molecule has 0 heterocycles. The fourth-order valence-electron chi connectivity index (χ4n) is 1.71. The van der Waals surface area contributed by atoms with Crippen LogP contribution < -0.4 is 4.74 Å². The van der Waals surface area contributed by atoms with Crippen LogP contribution in [-0.2, 0) is 14.3 Å². The molecule has 122 valence electrons. The van der Waals surface area contributed by atoms with Crippen molar-refractivity contribution in [1.82, 2.24) is 4.90 Å². The maximum atomic E-state index is 12.1. The first-order valence-corrected chi connectivity index (χ1v) is 7.37. The van der Waals surface area contributed by atoms with Gasteiger partial charge in [0.05, 0.1) is 19.6 Å². The van der Waals surface area contributed by atoms with Gasteiger partial charge >= 0.3 is 5.97 Å². The van der Waals surface area contributed by atoms with E-state index < -0.39 is 0 Å². The lowest BCUT2D eigenvalue weighted by Crippen LogP contribution is -2.38. The minimum atomic E-state index is -0.378. The second-order valence-corrected chi connectivity index (χ2v) is 4.84. The monoisotopic (exact) mass is 329 g/mol. The summed E-state index contributed by atoms with van der Waals surface area (Å²) < 4.78 is 10.2. The summed E-state index contributed by atoms with van der Waals surface area (Å²) >= 11 is 5.76. The summed E-state index contributed by atoms with van der Waals surface area (Å²) in [6.07, 6.45) is 0.0839. The molecule has 1 N–H and O–H groups in total. The van der Waals surface area contributed by atoms with Gasteiger partial charge in [-0.15, -0.1) is 0 Å². The van der Waals surface area contributed by atoms with Gasteiger partial charge < -0.3 is 19.5 Å². The highest BCUT2D eigenvalue weighted by Crippen LogP contribution is 2.15. The number of carbonyl (C=O) groups is 2. The molecule has 0 fully saturated rings. The van der Waals surface area contributed by atoms with Crippen molar-refractivity contribution in [2.24, 2.45) is 0 Å². The minimum Gasteiger partial charge on any atom is -0.484 e. The van der Waals surface area contributed by atoms with E-state index in [-0.39, 0.29) is 44.6 Å². The summed E-state index contributed by atoms with van der Waals surface area (Å²) in [5.41, 5.74) is 0. The van der Waals surface area contributed by atoms with Crippen molar-refractivity contribution in [2.45, 2.75) is 13.3 Å². The second kappa shape index (κ2) is 10.0. The quantitative estimate of drug-likeness (QED) is 0.695. The van der Waals surface area contributed by atoms with E-state index in [0.717, 1.165) is 0 Å². The van der Waals surface area contributed by atoms with Crippen LogP contribution in [0.1, 0.15) is 13.3 Å². The van der Waals surface area contributed by atoms with E-state index >= 15 is 0 Å². The average molecular weight is 330 g/mol. The summed E-state index contributed by atoms with van der Waals surface area (Å²) in [6.45, 7) is 1.98. The molecule has 0 spiro atoms. The molecule has 1 amide bonds. The van der Waals surface area contributed by atoms with E-state index in [1.165, 1.54) is 4.90 Å². The molecule has 7 heteroatoms. The number of amides is 1. The third-order valence-corrected chi connectivity index (χ3v) is 3.04. The minimum absolute atomic E-state index is 0.0839. The number of hydrogen-bond donors (Lipinski definition) is 1. The zero-order valence-electron chi connectivity index (χ0n) is 12.5. The third kappa shape index (κ3) is 6.78. The molecule has 1 aromatic rings. The van der Waals surface area contributed by atoms with Crippen LogP contribution in [0.15, 0.2) is 24.3 Å². The fraction of sp³-hybridized carbons (Fsp3) is 0.467. The first-order valence-electron chi connectivity index (χ1n) is 6.99. The Hall–Kier alpha value is -1.79. The Morgan fingerprint density at radius 3 is 2.50 bits per heavy atom. The highest BCUT2D eigenvalue weighted by Gasteiger charge is 2.15. The van der Waals surface area contributed by atoms with Crippen LogP contribution in [0.2, 0.25) is 5.02 Å². The maximum Gasteiger partial charge on any atom is 0.307 e. The average Bonchev–Trinajstić information content (AvgIpc) is 2.51. The molecule has 0 atom stereocenters. The van der Waals surface area contributed by atoms with E-state index in [9.17, 15) is 9.59 Å². The van der Waals surface area contributed by atoms with Gasteiger partial charge in [-0.1, -0.05) is 11.6 Å². The van der Waals surface area contributed by atoms with Crippen molar-refractivity contribution < 1.29 is 24.2 Å². The Morgan fingerprint density at radius 2 is 1.91 bits per heavy atom. The van der Waals surface area contributed by atoms with Crippen molar-refractivity contribution in [1.29, 1.82) is 0 Å². The van der Waals surface area contributed by atoms with Crippen LogP contribution in [-0.4, -0.2) is 54.8 Å². The third-order valence-electron chi connectivity index (χ3n) is 2.79. The summed E-state index contributed by atoms with van der Waals surface area (Å²) in [4.78, 5) is 24.7. The van der Waals surface area contributed by atoms with Crippen LogP contribution in [0.5, 0.6) is 5.75 Å². The van der Waals surface area contributed by atoms with E-state index in [1.807, 2.05) is 0 Å². The molecule has 0 saturated carbocycles. The summed E-state index contributed by atoms with van der Waals surface area (Å²) in [6, 6.07) is 6.64. The highest BCUT2D eigenvalue weighted by molar-refractivity contribution is 6.30. The van der Waals surface area contributed by atoms with Gasteiger partial charge in [0.2, 0.25) is 0 Å². The van der Waals surface area contributed by atoms with Gasteiger partial charge in [0, 0.05) is 18.1 Å². The molecule has 0 aliphatic rings. The molecule has 0 unspecified atom stereocenters. The van der Waals surface area contributed by atoms with E-state index in [2.05, 4.69) is 0 Å². The van der Waals surface area contributed by atoms with E-state index in [0.29, 0.717) is 17.4 Å². The Kier molecular flexibility index (Phi) is 8.32. The number of esters is 1. The molecule has 1 aromatic carbocycles. The molecule has 0 saturated heterocycles. The molecular weight excluding hydrogens is 310 g/mol. The van der Waals surface area contributed by atoms with Crippen LogP contribution in [0.4, 0.5) is 0 Å². The molecule has 0 aromatic heterocycles. The van der Waals surface area contributed by atoms with Crippen molar-refractivity contribution >= 4 is 23.5 Å². The first-order chi connectivity index (χ1) is 10.6. The predicted molar refractivity (Wildman–Crippen MR) is 81.9 cm³/mol. The number of hydrogen-bond acceptors (Lipinski definition) is 5. The highest BCUT2D eigenvalue weighted by atomic mass is 35.5. The number of nitrogens with zero attached hydrogens (tertiary/aromatic N) is 1. The van der Waals surface area contributed by atoms with Crippen molar-refractivity contribution in [2.75, 3.05) is 32.9 Å². The van der Waals surface area contributed by atoms with Gasteiger partial charge in [-0.05, 0) is 31.2 Å². The van der Waals surface area contributed by atoms with Crippen LogP contribution in [0.25, 0.3) is 0 Å². The van der Waals surface area contributed by atoms with Gasteiger partial charge in [-0.2, -0.15) is 0 Å².